The van der Waals surface area contributed by atoms with Crippen molar-refractivity contribution in [2.45, 2.75) is 5.16 Å². The van der Waals surface area contributed by atoms with Crippen LogP contribution in [0.3, 0.4) is 0 Å². The van der Waals surface area contributed by atoms with Crippen LogP contribution in [-0.4, -0.2) is 61.6 Å². The molecule has 0 bridgehead atoms. The topological polar surface area (TPSA) is 96.2 Å². The van der Waals surface area contributed by atoms with Crippen molar-refractivity contribution < 1.29 is 9.90 Å². The lowest BCUT2D eigenvalue weighted by Gasteiger charge is -2.12. The van der Waals surface area contributed by atoms with Crippen LogP contribution in [0.4, 0.5) is 4.79 Å². The first-order chi connectivity index (χ1) is 10.2. The molecule has 1 fully saturated rings. The molecule has 1 aliphatic rings. The summed E-state index contributed by atoms with van der Waals surface area (Å²) in [5, 5.41) is 24.3. The quantitative estimate of drug-likeness (QED) is 0.780. The third-order valence-electron chi connectivity index (χ3n) is 3.07. The van der Waals surface area contributed by atoms with Gasteiger partial charge in [0.05, 0.1) is 5.69 Å². The third-order valence-corrected chi connectivity index (χ3v) is 3.97. The van der Waals surface area contributed by atoms with Crippen LogP contribution in [0.1, 0.15) is 0 Å². The minimum absolute atomic E-state index is 0.0197. The van der Waals surface area contributed by atoms with Gasteiger partial charge in [0.2, 0.25) is 5.16 Å². The van der Waals surface area contributed by atoms with E-state index in [-0.39, 0.29) is 11.8 Å². The zero-order valence-corrected chi connectivity index (χ0v) is 12.0. The second kappa shape index (κ2) is 6.00. The summed E-state index contributed by atoms with van der Waals surface area (Å²) in [5.74, 6) is 0.910. The van der Waals surface area contributed by atoms with Crippen LogP contribution in [0.15, 0.2) is 29.4 Å². The molecule has 2 amide bonds. The lowest BCUT2D eigenvalue weighted by atomic mass is 10.3. The van der Waals surface area contributed by atoms with Crippen molar-refractivity contribution in [3.8, 4) is 11.4 Å². The average Bonchev–Trinajstić information content (AvgIpc) is 3.10. The predicted octanol–water partition coefficient (Wildman–Crippen LogP) is 0.485. The zero-order valence-electron chi connectivity index (χ0n) is 11.1. The molecule has 1 aromatic carbocycles. The molecule has 9 heteroatoms. The molecule has 21 heavy (non-hydrogen) atoms. The Morgan fingerprint density at radius 1 is 1.33 bits per heavy atom. The van der Waals surface area contributed by atoms with Crippen molar-refractivity contribution in [3.63, 3.8) is 0 Å². The highest BCUT2D eigenvalue weighted by Gasteiger charge is 2.19. The van der Waals surface area contributed by atoms with Crippen LogP contribution in [0.2, 0.25) is 0 Å². The van der Waals surface area contributed by atoms with Crippen molar-refractivity contribution in [3.05, 3.63) is 24.3 Å². The van der Waals surface area contributed by atoms with Gasteiger partial charge in [0.25, 0.3) is 0 Å². The molecule has 3 rings (SSSR count). The molecular formula is C12H14N6O2S. The number of rotatable bonds is 5. The number of nitrogens with zero attached hydrogens (tertiary/aromatic N) is 5. The number of carbonyl (C=O) groups is 1. The molecule has 2 N–H and O–H groups in total. The van der Waals surface area contributed by atoms with Crippen LogP contribution in [0.5, 0.6) is 5.75 Å². The number of tetrazole rings is 1. The molecule has 0 spiro atoms. The molecule has 2 aromatic rings. The minimum Gasteiger partial charge on any atom is -0.508 e. The van der Waals surface area contributed by atoms with Gasteiger partial charge >= 0.3 is 6.03 Å². The lowest BCUT2D eigenvalue weighted by Crippen LogP contribution is -2.30. The van der Waals surface area contributed by atoms with Crippen molar-refractivity contribution >= 4 is 17.8 Å². The first-order valence-corrected chi connectivity index (χ1v) is 7.46. The summed E-state index contributed by atoms with van der Waals surface area (Å²) < 4.78 is 1.61. The van der Waals surface area contributed by atoms with Gasteiger partial charge in [-0.25, -0.2) is 4.79 Å². The highest BCUT2D eigenvalue weighted by molar-refractivity contribution is 7.99. The average molecular weight is 306 g/mol. The molecule has 0 aliphatic carbocycles. The van der Waals surface area contributed by atoms with Crippen molar-refractivity contribution in [1.82, 2.24) is 30.4 Å². The number of hydrogen-bond acceptors (Lipinski definition) is 6. The monoisotopic (exact) mass is 306 g/mol. The molecule has 1 aromatic heterocycles. The zero-order chi connectivity index (χ0) is 14.7. The minimum atomic E-state index is -0.0197. The van der Waals surface area contributed by atoms with E-state index in [1.165, 1.54) is 11.8 Å². The Kier molecular flexibility index (Phi) is 3.91. The third kappa shape index (κ3) is 3.07. The Hall–Kier alpha value is -2.29. The smallest absolute Gasteiger partial charge is 0.317 e. The van der Waals surface area contributed by atoms with Crippen LogP contribution in [0, 0.1) is 0 Å². The maximum atomic E-state index is 11.4. The Balaban J connectivity index is 1.63. The van der Waals surface area contributed by atoms with Gasteiger partial charge in [-0.1, -0.05) is 11.8 Å². The summed E-state index contributed by atoms with van der Waals surface area (Å²) in [6, 6.07) is 6.63. The summed E-state index contributed by atoms with van der Waals surface area (Å²) in [7, 11) is 0. The van der Waals surface area contributed by atoms with E-state index in [0.29, 0.717) is 24.0 Å². The van der Waals surface area contributed by atoms with E-state index in [4.69, 9.17) is 0 Å². The normalized spacial score (nSPS) is 14.5. The second-order valence-corrected chi connectivity index (χ2v) is 5.52. The summed E-state index contributed by atoms with van der Waals surface area (Å²) in [6.07, 6.45) is 0. The molecule has 0 saturated carbocycles. The Morgan fingerprint density at radius 2 is 2.14 bits per heavy atom. The van der Waals surface area contributed by atoms with E-state index in [2.05, 4.69) is 20.8 Å². The molecule has 0 radical (unpaired) electrons. The van der Waals surface area contributed by atoms with Gasteiger partial charge in [-0.2, -0.15) is 4.68 Å². The van der Waals surface area contributed by atoms with E-state index < -0.39 is 0 Å². The molecule has 0 atom stereocenters. The molecule has 0 unspecified atom stereocenters. The van der Waals surface area contributed by atoms with Gasteiger partial charge in [0.15, 0.2) is 0 Å². The highest BCUT2D eigenvalue weighted by atomic mass is 32.2. The molecular weight excluding hydrogens is 292 g/mol. The number of urea groups is 1. The van der Waals surface area contributed by atoms with E-state index in [0.717, 1.165) is 12.2 Å². The maximum Gasteiger partial charge on any atom is 0.317 e. The molecule has 1 aliphatic heterocycles. The Morgan fingerprint density at radius 3 is 2.86 bits per heavy atom. The number of thioether (sulfide) groups is 1. The Labute approximate surface area is 125 Å². The van der Waals surface area contributed by atoms with Gasteiger partial charge in [0, 0.05) is 25.4 Å². The van der Waals surface area contributed by atoms with Crippen molar-refractivity contribution in [2.24, 2.45) is 0 Å². The maximum absolute atomic E-state index is 11.4. The molecule has 110 valence electrons. The summed E-state index contributed by atoms with van der Waals surface area (Å²) in [5.41, 5.74) is 0.777. The van der Waals surface area contributed by atoms with Crippen molar-refractivity contribution in [1.29, 1.82) is 0 Å². The SMILES string of the molecule is O=C1NCCN1CCSc1nnnn1-c1ccc(O)cc1. The Bertz CT molecular complexity index is 629. The number of nitrogens with one attached hydrogen (secondary N) is 1. The largest absolute Gasteiger partial charge is 0.508 e. The predicted molar refractivity (Wildman–Crippen MR) is 76.5 cm³/mol. The van der Waals surface area contributed by atoms with Gasteiger partial charge < -0.3 is 15.3 Å². The number of phenolic OH excluding ortho intramolecular Hbond substituents is 1. The standard InChI is InChI=1S/C12H14N6O2S/c19-10-3-1-9(2-4-10)18-12(14-15-16-18)21-8-7-17-6-5-13-11(17)20/h1-4,19H,5-8H2,(H,13,20). The van der Waals surface area contributed by atoms with Crippen LogP contribution < -0.4 is 5.32 Å². The van der Waals surface area contributed by atoms with E-state index >= 15 is 0 Å². The highest BCUT2D eigenvalue weighted by Crippen LogP contribution is 2.20. The van der Waals surface area contributed by atoms with Crippen LogP contribution in [-0.2, 0) is 0 Å². The van der Waals surface area contributed by atoms with E-state index in [1.807, 2.05) is 0 Å². The number of aromatic hydroxyl groups is 1. The molecule has 2 heterocycles. The fourth-order valence-corrected chi connectivity index (χ4v) is 2.85. The number of carbonyl (C=O) groups excluding carboxylic acids is 1. The first-order valence-electron chi connectivity index (χ1n) is 6.47. The van der Waals surface area contributed by atoms with Crippen LogP contribution in [0.25, 0.3) is 5.69 Å². The lowest BCUT2D eigenvalue weighted by molar-refractivity contribution is 0.220. The van der Waals surface area contributed by atoms with Gasteiger partial charge in [-0.05, 0) is 34.7 Å². The van der Waals surface area contributed by atoms with E-state index in [1.54, 1.807) is 33.8 Å². The number of aromatic nitrogens is 4. The van der Waals surface area contributed by atoms with Gasteiger partial charge in [-0.15, -0.1) is 5.10 Å². The van der Waals surface area contributed by atoms with E-state index in [9.17, 15) is 9.90 Å². The summed E-state index contributed by atoms with van der Waals surface area (Å²) >= 11 is 1.48. The van der Waals surface area contributed by atoms with Gasteiger partial charge in [-0.3, -0.25) is 0 Å². The van der Waals surface area contributed by atoms with Gasteiger partial charge in [0.1, 0.15) is 5.75 Å². The second-order valence-electron chi connectivity index (χ2n) is 4.46. The number of amides is 2. The molecule has 1 saturated heterocycles. The molecule has 8 nitrogen and oxygen atoms in total. The number of benzene rings is 1. The summed E-state index contributed by atoms with van der Waals surface area (Å²) in [6.45, 7) is 2.09. The van der Waals surface area contributed by atoms with Crippen LogP contribution >= 0.6 is 11.8 Å². The van der Waals surface area contributed by atoms with Crippen molar-refractivity contribution in [2.75, 3.05) is 25.4 Å². The fourth-order valence-electron chi connectivity index (χ4n) is 2.00. The number of hydrogen-bond donors (Lipinski definition) is 2. The number of phenols is 1. The summed E-state index contributed by atoms with van der Waals surface area (Å²) in [4.78, 5) is 13.2. The fraction of sp³-hybridized carbons (Fsp3) is 0.333. The first kappa shape index (κ1) is 13.7.